The Bertz CT molecular complexity index is 1030. The van der Waals surface area contributed by atoms with E-state index in [0.29, 0.717) is 30.2 Å². The van der Waals surface area contributed by atoms with Crippen LogP contribution in [0.3, 0.4) is 0 Å². The van der Waals surface area contributed by atoms with Crippen molar-refractivity contribution >= 4 is 27.5 Å². The molecule has 1 amide bonds. The second-order valence-electron chi connectivity index (χ2n) is 8.48. The molecule has 2 saturated heterocycles. The minimum absolute atomic E-state index is 0.00824. The summed E-state index contributed by atoms with van der Waals surface area (Å²) in [5.74, 6) is -0.219. The molecule has 1 N–H and O–H groups in total. The van der Waals surface area contributed by atoms with E-state index < -0.39 is 10.0 Å². The lowest BCUT2D eigenvalue weighted by Crippen LogP contribution is -2.37. The van der Waals surface area contributed by atoms with E-state index in [1.807, 2.05) is 24.3 Å². The lowest BCUT2D eigenvalue weighted by atomic mass is 10.0. The monoisotopic (exact) mass is 475 g/mol. The summed E-state index contributed by atoms with van der Waals surface area (Å²) in [6.07, 6.45) is 5.13. The van der Waals surface area contributed by atoms with Gasteiger partial charge in [-0.25, -0.2) is 8.42 Å². The van der Waals surface area contributed by atoms with Crippen molar-refractivity contribution in [3.63, 3.8) is 0 Å². The number of hydrogen-bond donors (Lipinski definition) is 1. The first-order valence-electron chi connectivity index (χ1n) is 11.3. The van der Waals surface area contributed by atoms with Gasteiger partial charge in [0.2, 0.25) is 10.0 Å². The summed E-state index contributed by atoms with van der Waals surface area (Å²) < 4.78 is 27.2. The lowest BCUT2D eigenvalue weighted by Gasteiger charge is -2.29. The Balaban J connectivity index is 1.44. The Hall–Kier alpha value is -1.93. The average Bonchev–Trinajstić information content (AvgIpc) is 3.35. The zero-order valence-electron chi connectivity index (χ0n) is 18.2. The van der Waals surface area contributed by atoms with Crippen LogP contribution in [0.1, 0.15) is 54.1 Å². The summed E-state index contributed by atoms with van der Waals surface area (Å²) in [6.45, 7) is 3.52. The summed E-state index contributed by atoms with van der Waals surface area (Å²) in [5, 5.41) is 3.72. The van der Waals surface area contributed by atoms with Crippen molar-refractivity contribution in [3.05, 3.63) is 64.7 Å². The third kappa shape index (κ3) is 5.17. The molecule has 2 aliphatic rings. The summed E-state index contributed by atoms with van der Waals surface area (Å²) in [6, 6.07) is 14.0. The molecule has 0 saturated carbocycles. The predicted octanol–water partition coefficient (Wildman–Crippen LogP) is 4.08. The van der Waals surface area contributed by atoms with E-state index >= 15 is 0 Å². The van der Waals surface area contributed by atoms with Crippen LogP contribution >= 0.6 is 11.6 Å². The molecule has 2 heterocycles. The van der Waals surface area contributed by atoms with Gasteiger partial charge in [-0.2, -0.15) is 4.31 Å². The van der Waals surface area contributed by atoms with Crippen molar-refractivity contribution in [1.29, 1.82) is 0 Å². The van der Waals surface area contributed by atoms with Gasteiger partial charge < -0.3 is 5.32 Å². The Morgan fingerprint density at radius 2 is 1.53 bits per heavy atom. The van der Waals surface area contributed by atoms with E-state index in [1.165, 1.54) is 16.4 Å². The first-order valence-corrected chi connectivity index (χ1v) is 13.2. The number of rotatable bonds is 7. The maximum atomic E-state index is 12.8. The quantitative estimate of drug-likeness (QED) is 0.655. The van der Waals surface area contributed by atoms with Crippen molar-refractivity contribution in [2.45, 2.75) is 43.0 Å². The molecule has 4 rings (SSSR count). The molecule has 2 aromatic rings. The van der Waals surface area contributed by atoms with Crippen LogP contribution in [-0.2, 0) is 10.0 Å². The van der Waals surface area contributed by atoms with Crippen LogP contribution < -0.4 is 5.32 Å². The number of nitrogens with zero attached hydrogens (tertiary/aromatic N) is 2. The van der Waals surface area contributed by atoms with Crippen molar-refractivity contribution < 1.29 is 13.2 Å². The van der Waals surface area contributed by atoms with Crippen LogP contribution in [0.15, 0.2) is 53.4 Å². The van der Waals surface area contributed by atoms with Crippen LogP contribution in [-0.4, -0.2) is 56.3 Å². The zero-order valence-corrected chi connectivity index (χ0v) is 19.7. The first-order chi connectivity index (χ1) is 15.5. The van der Waals surface area contributed by atoms with Crippen LogP contribution in [0.2, 0.25) is 5.02 Å². The van der Waals surface area contributed by atoms with Crippen LogP contribution in [0, 0.1) is 0 Å². The maximum absolute atomic E-state index is 12.8. The molecule has 0 unspecified atom stereocenters. The summed E-state index contributed by atoms with van der Waals surface area (Å²) >= 11 is 6.45. The minimum Gasteiger partial charge on any atom is -0.350 e. The largest absolute Gasteiger partial charge is 0.350 e. The number of sulfonamides is 1. The Morgan fingerprint density at radius 1 is 0.906 bits per heavy atom. The molecule has 2 aliphatic heterocycles. The topological polar surface area (TPSA) is 69.7 Å². The molecule has 0 aromatic heterocycles. The van der Waals surface area contributed by atoms with Gasteiger partial charge >= 0.3 is 0 Å². The van der Waals surface area contributed by atoms with Gasteiger partial charge in [0.1, 0.15) is 0 Å². The van der Waals surface area contributed by atoms with Gasteiger partial charge in [0.25, 0.3) is 5.91 Å². The van der Waals surface area contributed by atoms with Gasteiger partial charge in [-0.05, 0) is 74.7 Å². The van der Waals surface area contributed by atoms with E-state index in [1.54, 1.807) is 12.1 Å². The number of piperidine rings is 1. The van der Waals surface area contributed by atoms with Crippen molar-refractivity contribution in [3.8, 4) is 0 Å². The highest BCUT2D eigenvalue weighted by atomic mass is 35.5. The molecular weight excluding hydrogens is 446 g/mol. The number of amides is 1. The molecule has 2 aromatic carbocycles. The maximum Gasteiger partial charge on any atom is 0.251 e. The van der Waals surface area contributed by atoms with Gasteiger partial charge in [-0.3, -0.25) is 9.69 Å². The average molecular weight is 476 g/mol. The van der Waals surface area contributed by atoms with Gasteiger partial charge in [0, 0.05) is 30.2 Å². The fourth-order valence-corrected chi connectivity index (χ4v) is 6.34. The number of nitrogens with one attached hydrogen (secondary N) is 1. The third-order valence-electron chi connectivity index (χ3n) is 6.37. The number of hydrogen-bond acceptors (Lipinski definition) is 4. The number of carbonyl (C=O) groups is 1. The SMILES string of the molecule is O=C(NC[C@@H](c1ccccc1Cl)N1CCCC1)c1ccc(S(=O)(=O)N2CCCCC2)cc1. The van der Waals surface area contributed by atoms with E-state index in [9.17, 15) is 13.2 Å². The molecule has 0 radical (unpaired) electrons. The highest BCUT2D eigenvalue weighted by molar-refractivity contribution is 7.89. The summed E-state index contributed by atoms with van der Waals surface area (Å²) in [7, 11) is -3.50. The van der Waals surface area contributed by atoms with Crippen LogP contribution in [0.25, 0.3) is 0 Å². The van der Waals surface area contributed by atoms with Crippen molar-refractivity contribution in [2.24, 2.45) is 0 Å². The molecule has 2 fully saturated rings. The number of benzene rings is 2. The van der Waals surface area contributed by atoms with Crippen LogP contribution in [0.5, 0.6) is 0 Å². The van der Waals surface area contributed by atoms with Gasteiger partial charge in [-0.1, -0.05) is 36.2 Å². The van der Waals surface area contributed by atoms with Gasteiger partial charge in [-0.15, -0.1) is 0 Å². The molecule has 0 aliphatic carbocycles. The molecule has 32 heavy (non-hydrogen) atoms. The van der Waals surface area contributed by atoms with Crippen LogP contribution in [0.4, 0.5) is 0 Å². The molecule has 172 valence electrons. The summed E-state index contributed by atoms with van der Waals surface area (Å²) in [4.78, 5) is 15.4. The first kappa shape index (κ1) is 23.2. The third-order valence-corrected chi connectivity index (χ3v) is 8.63. The van der Waals surface area contributed by atoms with Crippen molar-refractivity contribution in [1.82, 2.24) is 14.5 Å². The molecule has 0 spiro atoms. The second kappa shape index (κ2) is 10.3. The standard InChI is InChI=1S/C24H30ClN3O3S/c25-22-9-3-2-8-21(22)23(27-14-6-7-15-27)18-26-24(29)19-10-12-20(13-11-19)32(30,31)28-16-4-1-5-17-28/h2-3,8-13,23H,1,4-7,14-18H2,(H,26,29)/t23-/m0/s1. The summed E-state index contributed by atoms with van der Waals surface area (Å²) in [5.41, 5.74) is 1.46. The minimum atomic E-state index is -3.50. The molecule has 0 bridgehead atoms. The van der Waals surface area contributed by atoms with E-state index in [0.717, 1.165) is 50.8 Å². The Kier molecular flexibility index (Phi) is 7.51. The highest BCUT2D eigenvalue weighted by Gasteiger charge is 2.27. The normalized spacial score (nSPS) is 19.0. The van der Waals surface area contributed by atoms with E-state index in [2.05, 4.69) is 10.2 Å². The van der Waals surface area contributed by atoms with E-state index in [-0.39, 0.29) is 16.8 Å². The number of carbonyl (C=O) groups excluding carboxylic acids is 1. The van der Waals surface area contributed by atoms with E-state index in [4.69, 9.17) is 11.6 Å². The lowest BCUT2D eigenvalue weighted by molar-refractivity contribution is 0.0938. The molecule has 1 atom stereocenters. The van der Waals surface area contributed by atoms with Gasteiger partial charge in [0.15, 0.2) is 0 Å². The molecular formula is C24H30ClN3O3S. The zero-order chi connectivity index (χ0) is 22.6. The fourth-order valence-electron chi connectivity index (χ4n) is 4.56. The van der Waals surface area contributed by atoms with Crippen molar-refractivity contribution in [2.75, 3.05) is 32.7 Å². The number of likely N-dealkylation sites (tertiary alicyclic amines) is 1. The van der Waals surface area contributed by atoms with Gasteiger partial charge in [0.05, 0.1) is 10.9 Å². The fraction of sp³-hybridized carbons (Fsp3) is 0.458. The smallest absolute Gasteiger partial charge is 0.251 e. The molecule has 8 heteroatoms. The Morgan fingerprint density at radius 3 is 2.19 bits per heavy atom. The second-order valence-corrected chi connectivity index (χ2v) is 10.8. The molecule has 6 nitrogen and oxygen atoms in total. The predicted molar refractivity (Wildman–Crippen MR) is 126 cm³/mol. The number of halogens is 1. The highest BCUT2D eigenvalue weighted by Crippen LogP contribution is 2.30. The Labute approximate surface area is 195 Å².